The number of thiophene rings is 2. The number of carbonyl (C=O) groups excluding carboxylic acids is 2. The van der Waals surface area contributed by atoms with Crippen molar-refractivity contribution in [1.82, 2.24) is 0 Å². The first-order valence-electron chi connectivity index (χ1n) is 8.85. The number of carbonyl (C=O) groups is 2. The van der Waals surface area contributed by atoms with E-state index in [9.17, 15) is 9.59 Å². The molecule has 0 atom stereocenters. The molecule has 5 heteroatoms. The summed E-state index contributed by atoms with van der Waals surface area (Å²) in [6.07, 6.45) is 0. The molecule has 2 aromatic heterocycles. The van der Waals surface area contributed by atoms with Gasteiger partial charge >= 0.3 is 0 Å². The van der Waals surface area contributed by atoms with Gasteiger partial charge in [0.05, 0.1) is 13.1 Å². The van der Waals surface area contributed by atoms with Gasteiger partial charge in [0.25, 0.3) is 0 Å². The maximum Gasteiger partial charge on any atom is 0.183 e. The van der Waals surface area contributed by atoms with E-state index < -0.39 is 0 Å². The Kier molecular flexibility index (Phi) is 5.92. The van der Waals surface area contributed by atoms with Gasteiger partial charge in [-0.05, 0) is 52.0 Å². The van der Waals surface area contributed by atoms with Crippen LogP contribution in [0.4, 0.5) is 5.69 Å². The van der Waals surface area contributed by atoms with Gasteiger partial charge in [0.1, 0.15) is 0 Å². The standard InChI is InChI=1S/C22H23NO2S2/c1-14-10-19(16(3)26-14)21(24)12-23(18-8-6-5-7-9-18)13-22(25)20-11-15(2)27-17(20)4/h5-11H,12-13H2,1-4H3. The number of para-hydroxylation sites is 1. The fourth-order valence-electron chi connectivity index (χ4n) is 3.21. The van der Waals surface area contributed by atoms with Crippen molar-refractivity contribution in [3.05, 3.63) is 73.1 Å². The minimum atomic E-state index is 0.0479. The summed E-state index contributed by atoms with van der Waals surface area (Å²) < 4.78 is 0. The summed E-state index contributed by atoms with van der Waals surface area (Å²) in [6, 6.07) is 13.6. The minimum Gasteiger partial charge on any atom is -0.356 e. The molecule has 2 heterocycles. The van der Waals surface area contributed by atoms with Crippen LogP contribution in [0.15, 0.2) is 42.5 Å². The van der Waals surface area contributed by atoms with Crippen molar-refractivity contribution in [1.29, 1.82) is 0 Å². The van der Waals surface area contributed by atoms with Crippen LogP contribution >= 0.6 is 22.7 Å². The lowest BCUT2D eigenvalue weighted by Crippen LogP contribution is -2.34. The Labute approximate surface area is 168 Å². The molecular weight excluding hydrogens is 374 g/mol. The molecule has 3 nitrogen and oxygen atoms in total. The molecule has 0 saturated carbocycles. The fourth-order valence-corrected chi connectivity index (χ4v) is 5.09. The molecule has 0 bridgehead atoms. The van der Waals surface area contributed by atoms with Crippen LogP contribution in [0.1, 0.15) is 40.2 Å². The second-order valence-electron chi connectivity index (χ2n) is 6.69. The Morgan fingerprint density at radius 3 is 1.59 bits per heavy atom. The van der Waals surface area contributed by atoms with E-state index >= 15 is 0 Å². The molecule has 0 unspecified atom stereocenters. The van der Waals surface area contributed by atoms with E-state index in [1.807, 2.05) is 75.1 Å². The summed E-state index contributed by atoms with van der Waals surface area (Å²) >= 11 is 3.26. The Balaban J connectivity index is 1.85. The average molecular weight is 398 g/mol. The first-order valence-corrected chi connectivity index (χ1v) is 10.5. The van der Waals surface area contributed by atoms with Gasteiger partial charge in [-0.2, -0.15) is 0 Å². The molecule has 0 aliphatic carbocycles. The maximum absolute atomic E-state index is 12.9. The summed E-state index contributed by atoms with van der Waals surface area (Å²) in [4.78, 5) is 32.0. The van der Waals surface area contributed by atoms with Crippen LogP contribution < -0.4 is 4.90 Å². The van der Waals surface area contributed by atoms with Crippen LogP contribution in [0.3, 0.4) is 0 Å². The summed E-state index contributed by atoms with van der Waals surface area (Å²) in [7, 11) is 0. The number of Topliss-reactive ketones (excluding diaryl/α,β-unsaturated/α-hetero) is 2. The van der Waals surface area contributed by atoms with Crippen LogP contribution in [0.2, 0.25) is 0 Å². The number of aryl methyl sites for hydroxylation is 4. The van der Waals surface area contributed by atoms with Gasteiger partial charge in [-0.3, -0.25) is 9.59 Å². The van der Waals surface area contributed by atoms with Gasteiger partial charge in [-0.15, -0.1) is 22.7 Å². The Hall–Kier alpha value is -2.24. The topological polar surface area (TPSA) is 37.4 Å². The van der Waals surface area contributed by atoms with Crippen molar-refractivity contribution in [3.8, 4) is 0 Å². The molecule has 0 amide bonds. The third-order valence-corrected chi connectivity index (χ3v) is 6.40. The van der Waals surface area contributed by atoms with Crippen LogP contribution in [0, 0.1) is 27.7 Å². The lowest BCUT2D eigenvalue weighted by atomic mass is 10.1. The average Bonchev–Trinajstić information content (AvgIpc) is 3.15. The molecule has 27 heavy (non-hydrogen) atoms. The van der Waals surface area contributed by atoms with E-state index in [1.54, 1.807) is 22.7 Å². The highest BCUT2D eigenvalue weighted by molar-refractivity contribution is 7.12. The second-order valence-corrected chi connectivity index (χ2v) is 9.61. The zero-order valence-corrected chi connectivity index (χ0v) is 17.7. The van der Waals surface area contributed by atoms with Crippen molar-refractivity contribution in [2.24, 2.45) is 0 Å². The number of anilines is 1. The highest BCUT2D eigenvalue weighted by Gasteiger charge is 2.21. The highest BCUT2D eigenvalue weighted by atomic mass is 32.1. The first-order chi connectivity index (χ1) is 12.8. The molecule has 1 aromatic carbocycles. The Morgan fingerprint density at radius 2 is 1.22 bits per heavy atom. The molecule has 0 radical (unpaired) electrons. The van der Waals surface area contributed by atoms with Crippen LogP contribution in [0.5, 0.6) is 0 Å². The third kappa shape index (κ3) is 4.54. The van der Waals surface area contributed by atoms with Crippen molar-refractivity contribution in [3.63, 3.8) is 0 Å². The Morgan fingerprint density at radius 1 is 0.778 bits per heavy atom. The normalized spacial score (nSPS) is 10.8. The Bertz CT molecular complexity index is 909. The van der Waals surface area contributed by atoms with Crippen LogP contribution in [0.25, 0.3) is 0 Å². The van der Waals surface area contributed by atoms with Gasteiger partial charge in [0.15, 0.2) is 11.6 Å². The highest BCUT2D eigenvalue weighted by Crippen LogP contribution is 2.24. The van der Waals surface area contributed by atoms with Crippen molar-refractivity contribution in [2.75, 3.05) is 18.0 Å². The third-order valence-electron chi connectivity index (χ3n) is 4.47. The van der Waals surface area contributed by atoms with E-state index in [0.29, 0.717) is 0 Å². The summed E-state index contributed by atoms with van der Waals surface area (Å²) in [5, 5.41) is 0. The van der Waals surface area contributed by atoms with Crippen molar-refractivity contribution in [2.45, 2.75) is 27.7 Å². The number of ketones is 2. The number of hydrogen-bond donors (Lipinski definition) is 0. The molecule has 3 aromatic rings. The summed E-state index contributed by atoms with van der Waals surface area (Å²) in [5.41, 5.74) is 2.40. The maximum atomic E-state index is 12.9. The lowest BCUT2D eigenvalue weighted by molar-refractivity contribution is 0.0984. The monoisotopic (exact) mass is 397 g/mol. The van der Waals surface area contributed by atoms with Crippen LogP contribution in [-0.4, -0.2) is 24.7 Å². The van der Waals surface area contributed by atoms with Gasteiger partial charge in [-0.25, -0.2) is 0 Å². The largest absolute Gasteiger partial charge is 0.356 e. The SMILES string of the molecule is Cc1cc(C(=O)CN(CC(=O)c2cc(C)sc2C)c2ccccc2)c(C)s1. The molecule has 0 N–H and O–H groups in total. The van der Waals surface area contributed by atoms with E-state index in [4.69, 9.17) is 0 Å². The number of rotatable bonds is 7. The van der Waals surface area contributed by atoms with Gasteiger partial charge in [0, 0.05) is 36.3 Å². The van der Waals surface area contributed by atoms with E-state index in [-0.39, 0.29) is 24.7 Å². The predicted octanol–water partition coefficient (Wildman–Crippen LogP) is 5.62. The van der Waals surface area contributed by atoms with Gasteiger partial charge < -0.3 is 4.90 Å². The van der Waals surface area contributed by atoms with E-state index in [0.717, 1.165) is 36.3 Å². The van der Waals surface area contributed by atoms with Gasteiger partial charge in [-0.1, -0.05) is 18.2 Å². The molecule has 0 aliphatic heterocycles. The summed E-state index contributed by atoms with van der Waals surface area (Å²) in [5.74, 6) is 0.0958. The first kappa shape index (κ1) is 19.5. The zero-order valence-electron chi connectivity index (χ0n) is 16.0. The van der Waals surface area contributed by atoms with Crippen LogP contribution in [-0.2, 0) is 0 Å². The zero-order chi connectivity index (χ0) is 19.6. The number of benzene rings is 1. The molecule has 140 valence electrons. The number of nitrogens with zero attached hydrogens (tertiary/aromatic N) is 1. The molecular formula is C22H23NO2S2. The lowest BCUT2D eigenvalue weighted by Gasteiger charge is -2.23. The molecule has 0 aliphatic rings. The molecule has 0 fully saturated rings. The fraction of sp³-hybridized carbons (Fsp3) is 0.273. The molecule has 0 spiro atoms. The van der Waals surface area contributed by atoms with Crippen molar-refractivity contribution < 1.29 is 9.59 Å². The summed E-state index contributed by atoms with van der Waals surface area (Å²) in [6.45, 7) is 8.34. The van der Waals surface area contributed by atoms with Gasteiger partial charge in [0.2, 0.25) is 0 Å². The number of hydrogen-bond acceptors (Lipinski definition) is 5. The van der Waals surface area contributed by atoms with E-state index in [2.05, 4.69) is 0 Å². The predicted molar refractivity (Wildman–Crippen MR) is 115 cm³/mol. The quantitative estimate of drug-likeness (QED) is 0.486. The second kappa shape index (κ2) is 8.19. The molecule has 0 saturated heterocycles. The van der Waals surface area contributed by atoms with E-state index in [1.165, 1.54) is 0 Å². The minimum absolute atomic E-state index is 0.0479. The van der Waals surface area contributed by atoms with Crippen molar-refractivity contribution >= 4 is 39.9 Å². The smallest absolute Gasteiger partial charge is 0.183 e. The molecule has 3 rings (SSSR count).